The van der Waals surface area contributed by atoms with Crippen molar-refractivity contribution in [1.82, 2.24) is 20.1 Å². The predicted molar refractivity (Wildman–Crippen MR) is 67.4 cm³/mol. The normalized spacial score (nSPS) is 12.6. The van der Waals surface area contributed by atoms with Gasteiger partial charge in [0.1, 0.15) is 0 Å². The van der Waals surface area contributed by atoms with Crippen molar-refractivity contribution in [3.63, 3.8) is 0 Å². The van der Waals surface area contributed by atoms with E-state index in [1.165, 1.54) is 16.8 Å². The van der Waals surface area contributed by atoms with E-state index in [9.17, 15) is 0 Å². The first-order chi connectivity index (χ1) is 8.18. The smallest absolute Gasteiger partial charge is 0.0540 e. The summed E-state index contributed by atoms with van der Waals surface area (Å²) in [6, 6.07) is 4.35. The van der Waals surface area contributed by atoms with Gasteiger partial charge in [-0.2, -0.15) is 5.10 Å². The fraction of sp³-hybridized carbons (Fsp3) is 0.385. The van der Waals surface area contributed by atoms with Gasteiger partial charge in [0.05, 0.1) is 6.20 Å². The van der Waals surface area contributed by atoms with E-state index in [1.54, 1.807) is 0 Å². The van der Waals surface area contributed by atoms with Crippen molar-refractivity contribution in [2.24, 2.45) is 7.05 Å². The van der Waals surface area contributed by atoms with E-state index >= 15 is 0 Å². The Balaban J connectivity index is 1.98. The Bertz CT molecular complexity index is 475. The molecule has 0 bridgehead atoms. The van der Waals surface area contributed by atoms with Crippen LogP contribution < -0.4 is 5.32 Å². The Morgan fingerprint density at radius 1 is 1.35 bits per heavy atom. The zero-order valence-electron chi connectivity index (χ0n) is 10.5. The van der Waals surface area contributed by atoms with Gasteiger partial charge in [-0.25, -0.2) is 0 Å². The van der Waals surface area contributed by atoms with Crippen molar-refractivity contribution < 1.29 is 0 Å². The topological polar surface area (TPSA) is 42.7 Å². The van der Waals surface area contributed by atoms with Crippen molar-refractivity contribution in [3.8, 4) is 0 Å². The lowest BCUT2D eigenvalue weighted by atomic mass is 10.1. The molecule has 2 heterocycles. The Kier molecular flexibility index (Phi) is 3.54. The standard InChI is InChI=1S/C13H18N4/c1-10(13-9-16-17(3)11(13)2)15-8-12-4-6-14-7-5-12/h4-7,9-10,15H,8H2,1-3H3. The molecule has 0 radical (unpaired) electrons. The van der Waals surface area contributed by atoms with Crippen LogP contribution in [0.5, 0.6) is 0 Å². The van der Waals surface area contributed by atoms with E-state index in [4.69, 9.17) is 0 Å². The largest absolute Gasteiger partial charge is 0.306 e. The van der Waals surface area contributed by atoms with Crippen LogP contribution in [0.4, 0.5) is 0 Å². The number of hydrogen-bond acceptors (Lipinski definition) is 3. The molecule has 0 saturated carbocycles. The highest BCUT2D eigenvalue weighted by atomic mass is 15.3. The van der Waals surface area contributed by atoms with Crippen LogP contribution in [0.2, 0.25) is 0 Å². The van der Waals surface area contributed by atoms with Crippen LogP contribution in [-0.4, -0.2) is 14.8 Å². The fourth-order valence-corrected chi connectivity index (χ4v) is 1.82. The monoisotopic (exact) mass is 230 g/mol. The molecule has 2 rings (SSSR count). The second-order valence-electron chi connectivity index (χ2n) is 4.27. The summed E-state index contributed by atoms with van der Waals surface area (Å²) in [4.78, 5) is 4.01. The maximum absolute atomic E-state index is 4.26. The Labute approximate surface area is 102 Å². The third kappa shape index (κ3) is 2.71. The molecule has 2 aromatic rings. The molecule has 1 unspecified atom stereocenters. The quantitative estimate of drug-likeness (QED) is 0.873. The van der Waals surface area contributed by atoms with Crippen LogP contribution in [0.25, 0.3) is 0 Å². The lowest BCUT2D eigenvalue weighted by Crippen LogP contribution is -2.18. The van der Waals surface area contributed by atoms with Gasteiger partial charge in [-0.3, -0.25) is 9.67 Å². The summed E-state index contributed by atoms with van der Waals surface area (Å²) in [6.45, 7) is 5.09. The molecule has 1 N–H and O–H groups in total. The highest BCUT2D eigenvalue weighted by Gasteiger charge is 2.11. The number of nitrogens with zero attached hydrogens (tertiary/aromatic N) is 3. The highest BCUT2D eigenvalue weighted by molar-refractivity contribution is 5.20. The third-order valence-corrected chi connectivity index (χ3v) is 3.10. The van der Waals surface area contributed by atoms with Gasteiger partial charge in [-0.15, -0.1) is 0 Å². The van der Waals surface area contributed by atoms with E-state index in [0.29, 0.717) is 6.04 Å². The average molecular weight is 230 g/mol. The van der Waals surface area contributed by atoms with Crippen molar-refractivity contribution in [2.45, 2.75) is 26.4 Å². The lowest BCUT2D eigenvalue weighted by molar-refractivity contribution is 0.570. The molecule has 0 spiro atoms. The molecule has 4 nitrogen and oxygen atoms in total. The van der Waals surface area contributed by atoms with E-state index in [0.717, 1.165) is 6.54 Å². The molecule has 1 atom stereocenters. The molecule has 2 aromatic heterocycles. The molecule has 0 aliphatic carbocycles. The number of aromatic nitrogens is 3. The van der Waals surface area contributed by atoms with Gasteiger partial charge >= 0.3 is 0 Å². The minimum absolute atomic E-state index is 0.303. The number of aryl methyl sites for hydroxylation is 1. The fourth-order valence-electron chi connectivity index (χ4n) is 1.82. The van der Waals surface area contributed by atoms with E-state index < -0.39 is 0 Å². The van der Waals surface area contributed by atoms with E-state index in [-0.39, 0.29) is 0 Å². The molecule has 0 aliphatic rings. The maximum Gasteiger partial charge on any atom is 0.0540 e. The van der Waals surface area contributed by atoms with Gasteiger partial charge in [0.15, 0.2) is 0 Å². The molecule has 0 fully saturated rings. The Hall–Kier alpha value is -1.68. The van der Waals surface area contributed by atoms with Crippen LogP contribution in [0.3, 0.4) is 0 Å². The Morgan fingerprint density at radius 2 is 2.06 bits per heavy atom. The molecule has 0 saturated heterocycles. The summed E-state index contributed by atoms with van der Waals surface area (Å²) in [6.07, 6.45) is 5.56. The number of rotatable bonds is 4. The first-order valence-electron chi connectivity index (χ1n) is 5.79. The molecular weight excluding hydrogens is 212 g/mol. The minimum atomic E-state index is 0.303. The molecule has 90 valence electrons. The van der Waals surface area contributed by atoms with Crippen LogP contribution in [-0.2, 0) is 13.6 Å². The Morgan fingerprint density at radius 3 is 2.65 bits per heavy atom. The van der Waals surface area contributed by atoms with E-state index in [1.807, 2.05) is 42.5 Å². The van der Waals surface area contributed by atoms with Crippen LogP contribution in [0.1, 0.15) is 29.8 Å². The number of hydrogen-bond donors (Lipinski definition) is 1. The molecule has 17 heavy (non-hydrogen) atoms. The van der Waals surface area contributed by atoms with Crippen molar-refractivity contribution >= 4 is 0 Å². The third-order valence-electron chi connectivity index (χ3n) is 3.10. The highest BCUT2D eigenvalue weighted by Crippen LogP contribution is 2.16. The first kappa shape index (κ1) is 11.8. The average Bonchev–Trinajstić information content (AvgIpc) is 2.69. The van der Waals surface area contributed by atoms with Crippen LogP contribution >= 0.6 is 0 Å². The minimum Gasteiger partial charge on any atom is -0.306 e. The lowest BCUT2D eigenvalue weighted by Gasteiger charge is -2.13. The van der Waals surface area contributed by atoms with Crippen molar-refractivity contribution in [3.05, 3.63) is 47.5 Å². The molecule has 0 aromatic carbocycles. The summed E-state index contributed by atoms with van der Waals surface area (Å²) in [7, 11) is 1.97. The van der Waals surface area contributed by atoms with Crippen molar-refractivity contribution in [1.29, 1.82) is 0 Å². The SMILES string of the molecule is Cc1c(C(C)NCc2ccncc2)cnn1C. The molecular formula is C13H18N4. The van der Waals surface area contributed by atoms with Gasteiger partial charge < -0.3 is 5.32 Å². The molecule has 0 aliphatic heterocycles. The summed E-state index contributed by atoms with van der Waals surface area (Å²) >= 11 is 0. The number of pyridine rings is 1. The zero-order chi connectivity index (χ0) is 12.3. The summed E-state index contributed by atoms with van der Waals surface area (Å²) in [5, 5.41) is 7.75. The first-order valence-corrected chi connectivity index (χ1v) is 5.79. The summed E-state index contributed by atoms with van der Waals surface area (Å²) in [5.74, 6) is 0. The van der Waals surface area contributed by atoms with E-state index in [2.05, 4.69) is 29.2 Å². The van der Waals surface area contributed by atoms with Gasteiger partial charge in [-0.1, -0.05) is 0 Å². The van der Waals surface area contributed by atoms with Gasteiger partial charge in [0.25, 0.3) is 0 Å². The van der Waals surface area contributed by atoms with Crippen molar-refractivity contribution in [2.75, 3.05) is 0 Å². The summed E-state index contributed by atoms with van der Waals surface area (Å²) < 4.78 is 1.90. The molecule has 0 amide bonds. The van der Waals surface area contributed by atoms with Crippen LogP contribution in [0, 0.1) is 6.92 Å². The number of nitrogens with one attached hydrogen (secondary N) is 1. The maximum atomic E-state index is 4.26. The van der Waals surface area contributed by atoms with Gasteiger partial charge in [-0.05, 0) is 31.5 Å². The molecule has 4 heteroatoms. The van der Waals surface area contributed by atoms with Crippen LogP contribution in [0.15, 0.2) is 30.7 Å². The zero-order valence-corrected chi connectivity index (χ0v) is 10.5. The second-order valence-corrected chi connectivity index (χ2v) is 4.27. The van der Waals surface area contributed by atoms with Gasteiger partial charge in [0, 0.05) is 43.3 Å². The second kappa shape index (κ2) is 5.10. The summed E-state index contributed by atoms with van der Waals surface area (Å²) in [5.41, 5.74) is 3.70. The predicted octanol–water partition coefficient (Wildman–Crippen LogP) is 1.97. The van der Waals surface area contributed by atoms with Gasteiger partial charge in [0.2, 0.25) is 0 Å².